The molecule has 1 aliphatic carbocycles. The van der Waals surface area contributed by atoms with E-state index >= 15 is 0 Å². The van der Waals surface area contributed by atoms with Gasteiger partial charge in [-0.3, -0.25) is 4.90 Å². The van der Waals surface area contributed by atoms with Gasteiger partial charge in [-0.05, 0) is 26.3 Å². The summed E-state index contributed by atoms with van der Waals surface area (Å²) in [6.45, 7) is 0. The van der Waals surface area contributed by atoms with Gasteiger partial charge in [-0.1, -0.05) is 19.3 Å². The predicted molar refractivity (Wildman–Crippen MR) is 70.8 cm³/mol. The van der Waals surface area contributed by atoms with Gasteiger partial charge >= 0.3 is 0 Å². The quantitative estimate of drug-likeness (QED) is 0.715. The number of hydrogen-bond donors (Lipinski definition) is 0. The summed E-state index contributed by atoms with van der Waals surface area (Å²) in [5, 5.41) is 9.29. The second-order valence-electron chi connectivity index (χ2n) is 5.66. The third kappa shape index (κ3) is 3.04. The maximum atomic E-state index is 11.6. The van der Waals surface area contributed by atoms with Crippen LogP contribution in [0.5, 0.6) is 0 Å². The van der Waals surface area contributed by atoms with Gasteiger partial charge in [-0.2, -0.15) is 5.26 Å². The summed E-state index contributed by atoms with van der Waals surface area (Å²) in [5.74, 6) is 0.658. The normalized spacial score (nSPS) is 36.2. The zero-order chi connectivity index (χ0) is 13.2. The van der Waals surface area contributed by atoms with Crippen molar-refractivity contribution >= 4 is 9.84 Å². The summed E-state index contributed by atoms with van der Waals surface area (Å²) in [6, 6.07) is 2.79. The van der Waals surface area contributed by atoms with Crippen molar-refractivity contribution in [1.82, 2.24) is 4.90 Å². The second-order valence-corrected chi connectivity index (χ2v) is 7.89. The smallest absolute Gasteiger partial charge is 0.151 e. The molecule has 18 heavy (non-hydrogen) atoms. The third-order valence-corrected chi connectivity index (χ3v) is 6.20. The van der Waals surface area contributed by atoms with Crippen molar-refractivity contribution in [3.8, 4) is 6.07 Å². The van der Waals surface area contributed by atoms with Crippen molar-refractivity contribution in [3.63, 3.8) is 0 Å². The molecule has 1 saturated heterocycles. The molecule has 4 nitrogen and oxygen atoms in total. The van der Waals surface area contributed by atoms with Gasteiger partial charge < -0.3 is 0 Å². The number of hydrogen-bond acceptors (Lipinski definition) is 4. The Kier molecular flexibility index (Phi) is 4.29. The van der Waals surface area contributed by atoms with Crippen LogP contribution in [0.3, 0.4) is 0 Å². The van der Waals surface area contributed by atoms with Crippen molar-refractivity contribution in [2.24, 2.45) is 5.92 Å². The Morgan fingerprint density at radius 3 is 2.50 bits per heavy atom. The van der Waals surface area contributed by atoms with Crippen LogP contribution in [-0.4, -0.2) is 44.0 Å². The zero-order valence-electron chi connectivity index (χ0n) is 11.0. The fourth-order valence-corrected chi connectivity index (χ4v) is 5.08. The molecule has 1 heterocycles. The van der Waals surface area contributed by atoms with E-state index in [2.05, 4.69) is 11.0 Å². The minimum atomic E-state index is -2.84. The highest BCUT2D eigenvalue weighted by atomic mass is 32.2. The molecular weight excluding hydrogens is 248 g/mol. The fraction of sp³-hybridized carbons (Fsp3) is 0.923. The molecule has 1 aliphatic heterocycles. The minimum Gasteiger partial charge on any atom is -0.298 e. The first-order chi connectivity index (χ1) is 8.53. The maximum Gasteiger partial charge on any atom is 0.151 e. The van der Waals surface area contributed by atoms with Crippen LogP contribution in [0, 0.1) is 17.2 Å². The van der Waals surface area contributed by atoms with E-state index in [4.69, 9.17) is 0 Å². The van der Waals surface area contributed by atoms with Gasteiger partial charge in [0.1, 0.15) is 0 Å². The van der Waals surface area contributed by atoms with E-state index in [1.807, 2.05) is 7.05 Å². The molecule has 0 spiro atoms. The Labute approximate surface area is 110 Å². The Hall–Kier alpha value is -0.600. The average Bonchev–Trinajstić information content (AvgIpc) is 2.57. The summed E-state index contributed by atoms with van der Waals surface area (Å²) in [4.78, 5) is 2.18. The van der Waals surface area contributed by atoms with Gasteiger partial charge in [0.05, 0.1) is 23.5 Å². The van der Waals surface area contributed by atoms with Crippen molar-refractivity contribution in [2.75, 3.05) is 18.6 Å². The molecule has 2 aliphatic rings. The van der Waals surface area contributed by atoms with E-state index in [1.54, 1.807) is 0 Å². The summed E-state index contributed by atoms with van der Waals surface area (Å²) in [6.07, 6.45) is 6.22. The van der Waals surface area contributed by atoms with E-state index in [1.165, 1.54) is 6.42 Å². The highest BCUT2D eigenvalue weighted by molar-refractivity contribution is 7.91. The largest absolute Gasteiger partial charge is 0.298 e. The Balaban J connectivity index is 2.07. The second kappa shape index (κ2) is 5.58. The van der Waals surface area contributed by atoms with Crippen LogP contribution >= 0.6 is 0 Å². The number of rotatable bonds is 2. The van der Waals surface area contributed by atoms with Crippen LogP contribution in [-0.2, 0) is 9.84 Å². The standard InChI is InChI=1S/C13H22N2O2S/c1-15(12-7-8-18(16,17)10-12)13-6-4-2-3-5-11(13)9-14/h11-13H,2-8,10H2,1H3. The summed E-state index contributed by atoms with van der Waals surface area (Å²) < 4.78 is 23.1. The number of nitrogens with zero attached hydrogens (tertiary/aromatic N) is 2. The molecule has 0 bridgehead atoms. The first-order valence-electron chi connectivity index (χ1n) is 6.85. The van der Waals surface area contributed by atoms with E-state index in [-0.39, 0.29) is 23.8 Å². The molecule has 3 unspecified atom stereocenters. The molecule has 2 fully saturated rings. The molecule has 0 aromatic rings. The highest BCUT2D eigenvalue weighted by Gasteiger charge is 2.36. The molecular formula is C13H22N2O2S. The highest BCUT2D eigenvalue weighted by Crippen LogP contribution is 2.29. The third-order valence-electron chi connectivity index (χ3n) is 4.45. The molecule has 102 valence electrons. The Morgan fingerprint density at radius 1 is 1.17 bits per heavy atom. The van der Waals surface area contributed by atoms with Crippen molar-refractivity contribution < 1.29 is 8.42 Å². The summed E-state index contributed by atoms with van der Waals surface area (Å²) in [7, 11) is -0.831. The van der Waals surface area contributed by atoms with Gasteiger partial charge in [0.2, 0.25) is 0 Å². The van der Waals surface area contributed by atoms with Crippen LogP contribution in [0.1, 0.15) is 38.5 Å². The molecule has 0 N–H and O–H groups in total. The first-order valence-corrected chi connectivity index (χ1v) is 8.67. The van der Waals surface area contributed by atoms with E-state index in [0.29, 0.717) is 5.75 Å². The van der Waals surface area contributed by atoms with E-state index in [0.717, 1.165) is 32.1 Å². The average molecular weight is 270 g/mol. The lowest BCUT2D eigenvalue weighted by Crippen LogP contribution is -2.44. The van der Waals surface area contributed by atoms with Crippen LogP contribution in [0.2, 0.25) is 0 Å². The monoisotopic (exact) mass is 270 g/mol. The molecule has 5 heteroatoms. The molecule has 3 atom stereocenters. The van der Waals surface area contributed by atoms with Crippen LogP contribution in [0.15, 0.2) is 0 Å². The van der Waals surface area contributed by atoms with Crippen molar-refractivity contribution in [1.29, 1.82) is 5.26 Å². The van der Waals surface area contributed by atoms with E-state index < -0.39 is 9.84 Å². The van der Waals surface area contributed by atoms with Crippen LogP contribution < -0.4 is 0 Å². The van der Waals surface area contributed by atoms with Gasteiger partial charge in [-0.15, -0.1) is 0 Å². The molecule has 2 rings (SSSR count). The number of sulfone groups is 1. The first kappa shape index (κ1) is 13.8. The Bertz CT molecular complexity index is 427. The Morgan fingerprint density at radius 2 is 1.89 bits per heavy atom. The molecule has 0 aromatic carbocycles. The SMILES string of the molecule is CN(C1CCS(=O)(=O)C1)C1CCCCCC1C#N. The molecule has 0 aromatic heterocycles. The zero-order valence-corrected chi connectivity index (χ0v) is 11.8. The molecule has 0 amide bonds. The maximum absolute atomic E-state index is 11.6. The number of nitriles is 1. The fourth-order valence-electron chi connectivity index (χ4n) is 3.29. The van der Waals surface area contributed by atoms with Gasteiger partial charge in [0.15, 0.2) is 9.84 Å². The van der Waals surface area contributed by atoms with Crippen LogP contribution in [0.25, 0.3) is 0 Å². The van der Waals surface area contributed by atoms with Gasteiger partial charge in [0.25, 0.3) is 0 Å². The van der Waals surface area contributed by atoms with Gasteiger partial charge in [0, 0.05) is 12.1 Å². The minimum absolute atomic E-state index is 0.0702. The topological polar surface area (TPSA) is 61.2 Å². The van der Waals surface area contributed by atoms with Gasteiger partial charge in [-0.25, -0.2) is 8.42 Å². The lowest BCUT2D eigenvalue weighted by Gasteiger charge is -2.34. The predicted octanol–water partition coefficient (Wildman–Crippen LogP) is 1.58. The lowest BCUT2D eigenvalue weighted by atomic mass is 9.94. The van der Waals surface area contributed by atoms with E-state index in [9.17, 15) is 13.7 Å². The van der Waals surface area contributed by atoms with Crippen molar-refractivity contribution in [2.45, 2.75) is 50.6 Å². The lowest BCUT2D eigenvalue weighted by molar-refractivity contribution is 0.146. The molecule has 1 saturated carbocycles. The van der Waals surface area contributed by atoms with Crippen LogP contribution in [0.4, 0.5) is 0 Å². The summed E-state index contributed by atoms with van der Waals surface area (Å²) in [5.41, 5.74) is 0. The summed E-state index contributed by atoms with van der Waals surface area (Å²) >= 11 is 0. The van der Waals surface area contributed by atoms with Crippen molar-refractivity contribution in [3.05, 3.63) is 0 Å². The molecule has 0 radical (unpaired) electrons.